The zero-order valence-electron chi connectivity index (χ0n) is 55.4. The monoisotopic (exact) mass is 1280 g/mol. The van der Waals surface area contributed by atoms with Crippen LogP contribution in [0.1, 0.15) is 255 Å². The number of esters is 4. The molecule has 0 unspecified atom stereocenters. The van der Waals surface area contributed by atoms with E-state index in [4.69, 9.17) is 28.4 Å². The van der Waals surface area contributed by atoms with E-state index in [1.165, 1.54) is 77.0 Å². The molecule has 4 aliphatic rings. The smallest absolute Gasteiger partial charge is 0.306 e. The van der Waals surface area contributed by atoms with Gasteiger partial charge in [-0.15, -0.1) is 0 Å². The predicted octanol–water partition coefficient (Wildman–Crippen LogP) is 20.4. The molecule has 0 atom stereocenters. The third kappa shape index (κ3) is 23.5. The van der Waals surface area contributed by atoms with Crippen LogP contribution in [0.25, 0.3) is 22.3 Å². The fraction of sp³-hybridized carbons (Fsp3) is 0.641. The molecule has 0 bridgehead atoms. The standard InChI is InChI=1S/C78H106F4O10/c1-3-15-55-17-21-57(22-18-55)59-25-29-61(30-26-59)65-51-69(79)77(70(80)52-65)63-33-37-67(38-34-63)87-45-9-5-7-11-47-89-73(83)41-43-75(85)91-49-13-14-50-92-76(86)44-42-74(84)90-48-12-8-6-10-46-88-68-39-35-64(36-40-68)78-71(81)53-66(54-72(78)82)62-31-27-60(28-32-62)58-23-19-56(16-4-2)20-24-58/h33-40,51-62H,3-32,41-50H2,1-2H3. The number of hydrogen-bond donors (Lipinski definition) is 0. The Hall–Kier alpha value is -5.92. The summed E-state index contributed by atoms with van der Waals surface area (Å²) in [6.45, 7) is 6.24. The van der Waals surface area contributed by atoms with Gasteiger partial charge in [0.2, 0.25) is 0 Å². The molecule has 0 saturated heterocycles. The normalized spacial score (nSPS) is 21.7. The van der Waals surface area contributed by atoms with Gasteiger partial charge in [-0.25, -0.2) is 17.6 Å². The average Bonchev–Trinajstić information content (AvgIpc) is 0.936. The highest BCUT2D eigenvalue weighted by molar-refractivity contribution is 5.78. The van der Waals surface area contributed by atoms with E-state index >= 15 is 17.6 Å². The lowest BCUT2D eigenvalue weighted by atomic mass is 9.68. The molecule has 0 aliphatic heterocycles. The second-order valence-electron chi connectivity index (χ2n) is 27.2. The molecule has 10 nitrogen and oxygen atoms in total. The minimum atomic E-state index is -0.520. The average molecular weight is 1280 g/mol. The highest BCUT2D eigenvalue weighted by atomic mass is 19.1. The van der Waals surface area contributed by atoms with Crippen molar-refractivity contribution in [3.05, 3.63) is 107 Å². The molecule has 14 heteroatoms. The Balaban J connectivity index is 0.562. The summed E-state index contributed by atoms with van der Waals surface area (Å²) in [7, 11) is 0. The quantitative estimate of drug-likeness (QED) is 0.0187. The second-order valence-corrected chi connectivity index (χ2v) is 27.2. The summed E-state index contributed by atoms with van der Waals surface area (Å²) in [5, 5.41) is 0. The highest BCUT2D eigenvalue weighted by Gasteiger charge is 2.34. The summed E-state index contributed by atoms with van der Waals surface area (Å²) in [5.74, 6) is 2.55. The van der Waals surface area contributed by atoms with Gasteiger partial charge >= 0.3 is 23.9 Å². The largest absolute Gasteiger partial charge is 0.494 e. The molecule has 506 valence electrons. The van der Waals surface area contributed by atoms with Gasteiger partial charge in [0.1, 0.15) is 34.8 Å². The maximum Gasteiger partial charge on any atom is 0.306 e. The molecule has 92 heavy (non-hydrogen) atoms. The Morgan fingerprint density at radius 2 is 0.609 bits per heavy atom. The van der Waals surface area contributed by atoms with E-state index in [0.717, 1.165) is 137 Å². The third-order valence-electron chi connectivity index (χ3n) is 20.7. The van der Waals surface area contributed by atoms with Gasteiger partial charge in [0.05, 0.1) is 76.5 Å². The van der Waals surface area contributed by atoms with Crippen molar-refractivity contribution in [1.82, 2.24) is 0 Å². The van der Waals surface area contributed by atoms with Gasteiger partial charge in [-0.3, -0.25) is 19.2 Å². The highest BCUT2D eigenvalue weighted by Crippen LogP contribution is 2.47. The van der Waals surface area contributed by atoms with Gasteiger partial charge in [-0.1, -0.05) is 89.5 Å². The van der Waals surface area contributed by atoms with Crippen molar-refractivity contribution < 1.29 is 65.2 Å². The summed E-state index contributed by atoms with van der Waals surface area (Å²) in [4.78, 5) is 48.7. The van der Waals surface area contributed by atoms with Crippen LogP contribution in [0.5, 0.6) is 11.5 Å². The number of halogens is 4. The van der Waals surface area contributed by atoms with Crippen LogP contribution in [0.2, 0.25) is 0 Å². The van der Waals surface area contributed by atoms with Gasteiger partial charge in [0.25, 0.3) is 0 Å². The van der Waals surface area contributed by atoms with E-state index in [1.54, 1.807) is 72.8 Å². The minimum Gasteiger partial charge on any atom is -0.494 e. The van der Waals surface area contributed by atoms with E-state index in [1.807, 2.05) is 0 Å². The Morgan fingerprint density at radius 1 is 0.348 bits per heavy atom. The first-order valence-corrected chi connectivity index (χ1v) is 35.9. The van der Waals surface area contributed by atoms with Crippen LogP contribution >= 0.6 is 0 Å². The van der Waals surface area contributed by atoms with E-state index in [2.05, 4.69) is 13.8 Å². The topological polar surface area (TPSA) is 124 Å². The lowest BCUT2D eigenvalue weighted by Crippen LogP contribution is -2.25. The number of carbonyl (C=O) groups excluding carboxylic acids is 4. The van der Waals surface area contributed by atoms with E-state index in [-0.39, 0.29) is 75.1 Å². The van der Waals surface area contributed by atoms with E-state index in [0.29, 0.717) is 61.5 Å². The zero-order valence-corrected chi connectivity index (χ0v) is 55.4. The molecule has 4 saturated carbocycles. The number of hydrogen-bond acceptors (Lipinski definition) is 10. The summed E-state index contributed by atoms with van der Waals surface area (Å²) >= 11 is 0. The van der Waals surface area contributed by atoms with Crippen molar-refractivity contribution in [3.8, 4) is 33.8 Å². The first-order valence-electron chi connectivity index (χ1n) is 35.9. The SMILES string of the molecule is CCCC1CCC(C2CCC(c3cc(F)c(-c4ccc(OCCCCCCOC(=O)CCC(=O)OCCCCOC(=O)CCC(=O)OCCCCCCOc5ccc(-c6c(F)cc(C7CCC(C8CCC(CCC)CC8)CC7)cc6F)cc5)cc4)c(F)c3)CC2)CC1. The molecule has 8 rings (SSSR count). The summed E-state index contributed by atoms with van der Waals surface area (Å²) in [6, 6.07) is 20.0. The molecule has 0 radical (unpaired) electrons. The van der Waals surface area contributed by atoms with E-state index < -0.39 is 47.1 Å². The van der Waals surface area contributed by atoms with E-state index in [9.17, 15) is 19.2 Å². The van der Waals surface area contributed by atoms with Crippen LogP contribution in [0.4, 0.5) is 17.6 Å². The first kappa shape index (κ1) is 71.9. The summed E-state index contributed by atoms with van der Waals surface area (Å²) in [5.41, 5.74) is 2.51. The Bertz CT molecular complexity index is 2610. The molecule has 0 N–H and O–H groups in total. The maximum atomic E-state index is 15.5. The van der Waals surface area contributed by atoms with Crippen LogP contribution in [0.3, 0.4) is 0 Å². The predicted molar refractivity (Wildman–Crippen MR) is 353 cm³/mol. The fourth-order valence-corrected chi connectivity index (χ4v) is 15.3. The number of ether oxygens (including phenoxy) is 6. The van der Waals surface area contributed by atoms with Gasteiger partial charge in [0, 0.05) is 0 Å². The lowest BCUT2D eigenvalue weighted by Gasteiger charge is -2.38. The third-order valence-corrected chi connectivity index (χ3v) is 20.7. The van der Waals surface area contributed by atoms with Crippen molar-refractivity contribution in [2.75, 3.05) is 39.6 Å². The van der Waals surface area contributed by atoms with Crippen LogP contribution in [0, 0.1) is 58.8 Å². The van der Waals surface area contributed by atoms with Crippen molar-refractivity contribution in [2.24, 2.45) is 35.5 Å². The number of rotatable bonds is 37. The lowest BCUT2D eigenvalue weighted by molar-refractivity contribution is -0.151. The molecule has 4 aromatic carbocycles. The van der Waals surface area contributed by atoms with Crippen LogP contribution in [-0.2, 0) is 38.1 Å². The fourth-order valence-electron chi connectivity index (χ4n) is 15.3. The number of benzene rings is 4. The molecule has 0 heterocycles. The van der Waals surface area contributed by atoms with Gasteiger partial charge in [-0.05, 0) is 259 Å². The van der Waals surface area contributed by atoms with Gasteiger partial charge in [-0.2, -0.15) is 0 Å². The Morgan fingerprint density at radius 3 is 0.891 bits per heavy atom. The van der Waals surface area contributed by atoms with Crippen LogP contribution in [-0.4, -0.2) is 63.5 Å². The van der Waals surface area contributed by atoms with Gasteiger partial charge in [0.15, 0.2) is 0 Å². The van der Waals surface area contributed by atoms with Gasteiger partial charge < -0.3 is 28.4 Å². The Kier molecular flexibility index (Phi) is 30.5. The number of unbranched alkanes of at least 4 members (excludes halogenated alkanes) is 7. The Labute approximate surface area is 546 Å². The second kappa shape index (κ2) is 39.1. The molecular formula is C78H106F4O10. The van der Waals surface area contributed by atoms with Crippen molar-refractivity contribution in [1.29, 1.82) is 0 Å². The zero-order chi connectivity index (χ0) is 64.9. The molecule has 0 amide bonds. The molecule has 4 aromatic rings. The molecular weight excluding hydrogens is 1170 g/mol. The molecule has 4 aliphatic carbocycles. The maximum absolute atomic E-state index is 15.5. The minimum absolute atomic E-state index is 0.00384. The molecule has 0 aromatic heterocycles. The number of carbonyl (C=O) groups is 4. The van der Waals surface area contributed by atoms with Crippen LogP contribution < -0.4 is 9.47 Å². The first-order chi connectivity index (χ1) is 44.8. The van der Waals surface area contributed by atoms with Crippen LogP contribution in [0.15, 0.2) is 72.8 Å². The van der Waals surface area contributed by atoms with Crippen molar-refractivity contribution in [3.63, 3.8) is 0 Å². The summed E-state index contributed by atoms with van der Waals surface area (Å²) in [6.07, 6.45) is 31.5. The molecule has 4 fully saturated rings. The van der Waals surface area contributed by atoms with Crippen molar-refractivity contribution >= 4 is 23.9 Å². The molecule has 0 spiro atoms. The van der Waals surface area contributed by atoms with Crippen molar-refractivity contribution in [2.45, 2.75) is 244 Å². The summed E-state index contributed by atoms with van der Waals surface area (Å²) < 4.78 is 94.8.